The summed E-state index contributed by atoms with van der Waals surface area (Å²) in [6, 6.07) is 14.5. The summed E-state index contributed by atoms with van der Waals surface area (Å²) in [5.74, 6) is 0.798. The monoisotopic (exact) mass is 345 g/mol. The smallest absolute Gasteiger partial charge is 0.189 e. The van der Waals surface area contributed by atoms with E-state index in [0.717, 1.165) is 35.6 Å². The van der Waals surface area contributed by atoms with E-state index in [-0.39, 0.29) is 5.75 Å². The molecule has 2 aromatic carbocycles. The minimum Gasteiger partial charge on any atom is -0.371 e. The lowest BCUT2D eigenvalue weighted by molar-refractivity contribution is 0.360. The molecule has 4 rings (SSSR count). The van der Waals surface area contributed by atoms with Crippen LogP contribution in [0.3, 0.4) is 0 Å². The zero-order valence-electron chi connectivity index (χ0n) is 15.5. The normalized spacial score (nSPS) is 15.5. The summed E-state index contributed by atoms with van der Waals surface area (Å²) in [5, 5.41) is 12.8. The van der Waals surface area contributed by atoms with Crippen LogP contribution in [0.5, 0.6) is 5.75 Å². The average molecular weight is 345 g/mol. The molecule has 1 aliphatic heterocycles. The molecule has 1 aromatic heterocycles. The highest BCUT2D eigenvalue weighted by molar-refractivity contribution is 5.87. The van der Waals surface area contributed by atoms with Gasteiger partial charge < -0.3 is 4.90 Å². The van der Waals surface area contributed by atoms with Gasteiger partial charge in [-0.05, 0) is 73.9 Å². The number of hydrogen-bond donors (Lipinski definition) is 0. The molecule has 0 atom stereocenters. The molecule has 0 saturated carbocycles. The van der Waals surface area contributed by atoms with Gasteiger partial charge in [0.15, 0.2) is 5.75 Å². The number of nitrogens with zero attached hydrogens (tertiary/aromatic N) is 2. The van der Waals surface area contributed by atoms with Crippen molar-refractivity contribution >= 4 is 16.6 Å². The first-order valence-corrected chi connectivity index (χ1v) is 9.47. The van der Waals surface area contributed by atoms with Gasteiger partial charge in [-0.2, -0.15) is 0 Å². The second-order valence-electron chi connectivity index (χ2n) is 7.56. The Morgan fingerprint density at radius 3 is 2.58 bits per heavy atom. The summed E-state index contributed by atoms with van der Waals surface area (Å²) in [6.45, 7) is 6.47. The molecular formula is C23H25N2O. The van der Waals surface area contributed by atoms with E-state index >= 15 is 0 Å². The molecular weight excluding hydrogens is 320 g/mol. The van der Waals surface area contributed by atoms with Crippen LogP contribution in [0.4, 0.5) is 5.69 Å². The summed E-state index contributed by atoms with van der Waals surface area (Å²) >= 11 is 0. The Hall–Kier alpha value is -2.55. The molecule has 0 amide bonds. The Morgan fingerprint density at radius 2 is 1.81 bits per heavy atom. The first-order valence-electron chi connectivity index (χ1n) is 9.47. The van der Waals surface area contributed by atoms with Crippen molar-refractivity contribution in [3.8, 4) is 5.75 Å². The van der Waals surface area contributed by atoms with Crippen LogP contribution in [-0.4, -0.2) is 18.1 Å². The third kappa shape index (κ3) is 3.39. The Balaban J connectivity index is 1.43. The van der Waals surface area contributed by atoms with Crippen molar-refractivity contribution < 1.29 is 5.11 Å². The fraction of sp³-hybridized carbons (Fsp3) is 0.348. The summed E-state index contributed by atoms with van der Waals surface area (Å²) in [6.07, 6.45) is 5.15. The fourth-order valence-corrected chi connectivity index (χ4v) is 3.96. The van der Waals surface area contributed by atoms with Crippen LogP contribution in [0, 0.1) is 19.8 Å². The van der Waals surface area contributed by atoms with E-state index in [1.165, 1.54) is 36.0 Å². The molecule has 0 N–H and O–H groups in total. The molecule has 2 heterocycles. The zero-order chi connectivity index (χ0) is 18.1. The van der Waals surface area contributed by atoms with Crippen molar-refractivity contribution in [3.05, 3.63) is 65.4 Å². The quantitative estimate of drug-likeness (QED) is 0.632. The molecule has 3 nitrogen and oxygen atoms in total. The second kappa shape index (κ2) is 6.99. The van der Waals surface area contributed by atoms with Crippen LogP contribution in [0.1, 0.15) is 29.5 Å². The number of hydrogen-bond acceptors (Lipinski definition) is 2. The number of aromatic nitrogens is 1. The predicted molar refractivity (Wildman–Crippen MR) is 106 cm³/mol. The minimum atomic E-state index is 0.0569. The first kappa shape index (κ1) is 16.9. The lowest BCUT2D eigenvalue weighted by Gasteiger charge is -2.34. The van der Waals surface area contributed by atoms with Crippen molar-refractivity contribution in [1.82, 2.24) is 4.98 Å². The molecule has 1 saturated heterocycles. The van der Waals surface area contributed by atoms with Gasteiger partial charge in [-0.25, -0.2) is 0 Å². The van der Waals surface area contributed by atoms with Gasteiger partial charge in [0.1, 0.15) is 0 Å². The van der Waals surface area contributed by atoms with Crippen LogP contribution >= 0.6 is 0 Å². The number of benzene rings is 2. The number of anilines is 1. The highest BCUT2D eigenvalue weighted by Crippen LogP contribution is 2.31. The van der Waals surface area contributed by atoms with Crippen molar-refractivity contribution in [2.24, 2.45) is 5.92 Å². The largest absolute Gasteiger partial charge is 0.371 e. The molecule has 133 valence electrons. The summed E-state index contributed by atoms with van der Waals surface area (Å²) < 4.78 is 0. The van der Waals surface area contributed by atoms with Crippen molar-refractivity contribution in [2.75, 3.05) is 18.0 Å². The van der Waals surface area contributed by atoms with E-state index < -0.39 is 0 Å². The van der Waals surface area contributed by atoms with E-state index in [0.29, 0.717) is 0 Å². The second-order valence-corrected chi connectivity index (χ2v) is 7.56. The Morgan fingerprint density at radius 1 is 1.00 bits per heavy atom. The van der Waals surface area contributed by atoms with E-state index in [1.54, 1.807) is 12.3 Å². The van der Waals surface area contributed by atoms with Crippen LogP contribution in [0.2, 0.25) is 0 Å². The third-order valence-electron chi connectivity index (χ3n) is 5.76. The molecule has 26 heavy (non-hydrogen) atoms. The molecule has 3 heteroatoms. The van der Waals surface area contributed by atoms with Gasteiger partial charge in [-0.3, -0.25) is 10.1 Å². The Labute approximate surface area is 155 Å². The molecule has 3 aromatic rings. The maximum absolute atomic E-state index is 12.1. The fourth-order valence-electron chi connectivity index (χ4n) is 3.96. The SMILES string of the molecule is Cc1ccc(CC2CCN(c3ccc4nccc([O])c4c3)CC2)cc1C. The van der Waals surface area contributed by atoms with Crippen LogP contribution < -0.4 is 4.90 Å². The van der Waals surface area contributed by atoms with E-state index in [4.69, 9.17) is 0 Å². The molecule has 1 fully saturated rings. The molecule has 0 spiro atoms. The summed E-state index contributed by atoms with van der Waals surface area (Å²) in [7, 11) is 0. The van der Waals surface area contributed by atoms with Gasteiger partial charge in [0, 0.05) is 36.4 Å². The van der Waals surface area contributed by atoms with Gasteiger partial charge in [0.2, 0.25) is 0 Å². The highest BCUT2D eigenvalue weighted by atomic mass is 16.3. The topological polar surface area (TPSA) is 36.0 Å². The number of fused-ring (bicyclic) bond motifs is 1. The van der Waals surface area contributed by atoms with Crippen LogP contribution in [0.25, 0.3) is 10.9 Å². The zero-order valence-corrected chi connectivity index (χ0v) is 15.5. The molecule has 0 unspecified atom stereocenters. The van der Waals surface area contributed by atoms with Gasteiger partial charge in [-0.1, -0.05) is 18.2 Å². The highest BCUT2D eigenvalue weighted by Gasteiger charge is 2.20. The van der Waals surface area contributed by atoms with Gasteiger partial charge >= 0.3 is 0 Å². The maximum atomic E-state index is 12.1. The maximum Gasteiger partial charge on any atom is 0.189 e. The first-order chi connectivity index (χ1) is 12.6. The Kier molecular flexibility index (Phi) is 4.54. The minimum absolute atomic E-state index is 0.0569. The standard InChI is InChI=1S/C23H25N2O/c1-16-3-4-19(13-17(16)2)14-18-8-11-25(12-9-18)20-5-6-22-21(15-20)23(26)7-10-24-22/h3-7,10,13,15,18H,8-9,11-12,14H2,1-2H3. The van der Waals surface area contributed by atoms with E-state index in [2.05, 4.69) is 48.0 Å². The lowest BCUT2D eigenvalue weighted by Crippen LogP contribution is -2.34. The number of pyridine rings is 1. The summed E-state index contributed by atoms with van der Waals surface area (Å²) in [4.78, 5) is 6.69. The lowest BCUT2D eigenvalue weighted by atomic mass is 9.89. The van der Waals surface area contributed by atoms with E-state index in [9.17, 15) is 5.11 Å². The van der Waals surface area contributed by atoms with Gasteiger partial charge in [0.05, 0.1) is 5.52 Å². The third-order valence-corrected chi connectivity index (χ3v) is 5.76. The van der Waals surface area contributed by atoms with Crippen molar-refractivity contribution in [3.63, 3.8) is 0 Å². The van der Waals surface area contributed by atoms with Gasteiger partial charge in [-0.15, -0.1) is 0 Å². The number of rotatable bonds is 3. The molecule has 1 radical (unpaired) electrons. The summed E-state index contributed by atoms with van der Waals surface area (Å²) in [5.41, 5.74) is 6.14. The molecule has 0 aliphatic carbocycles. The molecule has 1 aliphatic rings. The van der Waals surface area contributed by atoms with Crippen LogP contribution in [-0.2, 0) is 11.5 Å². The van der Waals surface area contributed by atoms with Crippen LogP contribution in [0.15, 0.2) is 48.7 Å². The molecule has 0 bridgehead atoms. The Bertz CT molecular complexity index is 927. The van der Waals surface area contributed by atoms with Crippen molar-refractivity contribution in [1.29, 1.82) is 0 Å². The predicted octanol–water partition coefficient (Wildman–Crippen LogP) is 5.45. The average Bonchev–Trinajstić information content (AvgIpc) is 2.66. The van der Waals surface area contributed by atoms with Crippen molar-refractivity contribution in [2.45, 2.75) is 33.1 Å². The van der Waals surface area contributed by atoms with E-state index in [1.807, 2.05) is 12.1 Å². The number of piperidine rings is 1. The number of aryl methyl sites for hydroxylation is 2. The van der Waals surface area contributed by atoms with Gasteiger partial charge in [0.25, 0.3) is 0 Å².